The van der Waals surface area contributed by atoms with Gasteiger partial charge in [0.05, 0.1) is 11.0 Å². The quantitative estimate of drug-likeness (QED) is 0.205. The summed E-state index contributed by atoms with van der Waals surface area (Å²) in [6, 6.07) is 51.1. The van der Waals surface area contributed by atoms with E-state index in [4.69, 9.17) is 15.0 Å². The Labute approximate surface area is 267 Å². The van der Waals surface area contributed by atoms with Gasteiger partial charge >= 0.3 is 0 Å². The van der Waals surface area contributed by atoms with Crippen molar-refractivity contribution in [2.24, 2.45) is 0 Å². The van der Waals surface area contributed by atoms with Crippen LogP contribution in [-0.2, 0) is 5.41 Å². The molecule has 1 aliphatic rings. The maximum absolute atomic E-state index is 5.13. The van der Waals surface area contributed by atoms with E-state index in [1.807, 2.05) is 36.4 Å². The molecule has 0 N–H and O–H groups in total. The van der Waals surface area contributed by atoms with Gasteiger partial charge in [0.1, 0.15) is 0 Å². The molecule has 0 unspecified atom stereocenters. The highest BCUT2D eigenvalue weighted by Gasteiger charge is 2.38. The number of aromatic nitrogens is 4. The first-order valence-electron chi connectivity index (χ1n) is 15.7. The molecule has 1 aliphatic carbocycles. The Morgan fingerprint density at radius 1 is 0.457 bits per heavy atom. The fourth-order valence-electron chi connectivity index (χ4n) is 7.22. The third kappa shape index (κ3) is 3.97. The van der Waals surface area contributed by atoms with E-state index >= 15 is 0 Å². The van der Waals surface area contributed by atoms with Crippen LogP contribution in [0, 0.1) is 0 Å². The molecule has 9 rings (SSSR count). The van der Waals surface area contributed by atoms with Gasteiger partial charge in [0, 0.05) is 38.6 Å². The number of benzene rings is 6. The molecular formula is C42H30N4. The van der Waals surface area contributed by atoms with Gasteiger partial charge in [0.25, 0.3) is 0 Å². The normalized spacial score (nSPS) is 13.2. The zero-order valence-electron chi connectivity index (χ0n) is 25.6. The van der Waals surface area contributed by atoms with E-state index in [0.29, 0.717) is 17.5 Å². The Bertz CT molecular complexity index is 2370. The zero-order valence-corrected chi connectivity index (χ0v) is 25.6. The van der Waals surface area contributed by atoms with E-state index < -0.39 is 0 Å². The smallest absolute Gasteiger partial charge is 0.164 e. The van der Waals surface area contributed by atoms with Gasteiger partial charge in [-0.05, 0) is 52.6 Å². The molecular weight excluding hydrogens is 560 g/mol. The average Bonchev–Trinajstić information content (AvgIpc) is 3.56. The van der Waals surface area contributed by atoms with Gasteiger partial charge in [-0.2, -0.15) is 0 Å². The molecule has 46 heavy (non-hydrogen) atoms. The van der Waals surface area contributed by atoms with Gasteiger partial charge in [0.2, 0.25) is 0 Å². The summed E-state index contributed by atoms with van der Waals surface area (Å²) in [5, 5.41) is 2.48. The van der Waals surface area contributed by atoms with E-state index in [2.05, 4.69) is 128 Å². The molecule has 218 valence electrons. The molecule has 0 saturated heterocycles. The van der Waals surface area contributed by atoms with Crippen LogP contribution in [0.3, 0.4) is 0 Å². The van der Waals surface area contributed by atoms with Gasteiger partial charge in [0.15, 0.2) is 17.5 Å². The van der Waals surface area contributed by atoms with Crippen molar-refractivity contribution >= 4 is 21.8 Å². The number of nitrogens with zero attached hydrogens (tertiary/aromatic N) is 4. The lowest BCUT2D eigenvalue weighted by molar-refractivity contribution is 0.661. The second kappa shape index (κ2) is 10.1. The minimum Gasteiger partial charge on any atom is -0.309 e. The molecule has 8 aromatic rings. The van der Waals surface area contributed by atoms with E-state index in [-0.39, 0.29) is 5.41 Å². The first-order valence-corrected chi connectivity index (χ1v) is 15.7. The van der Waals surface area contributed by atoms with Crippen molar-refractivity contribution in [1.29, 1.82) is 0 Å². The van der Waals surface area contributed by atoms with Crippen LogP contribution in [0.2, 0.25) is 0 Å². The maximum atomic E-state index is 5.13. The highest BCUT2D eigenvalue weighted by Crippen LogP contribution is 2.53. The molecule has 0 atom stereocenters. The SMILES string of the molecule is CC1(C)c2cc3c(cc2-c2c(-c4nc(-c5ccccc5)nc(-c5ccccc5)n4)cccc21)c1ccccc1n3-c1ccccc1. The third-order valence-electron chi connectivity index (χ3n) is 9.45. The lowest BCUT2D eigenvalue weighted by Crippen LogP contribution is -2.15. The second-order valence-corrected chi connectivity index (χ2v) is 12.5. The molecule has 4 nitrogen and oxygen atoms in total. The molecule has 0 radical (unpaired) electrons. The largest absolute Gasteiger partial charge is 0.309 e. The monoisotopic (exact) mass is 590 g/mol. The van der Waals surface area contributed by atoms with Crippen molar-refractivity contribution in [1.82, 2.24) is 19.5 Å². The van der Waals surface area contributed by atoms with Crippen LogP contribution in [0.4, 0.5) is 0 Å². The Hall–Kier alpha value is -5.87. The highest BCUT2D eigenvalue weighted by molar-refractivity contribution is 6.12. The van der Waals surface area contributed by atoms with Gasteiger partial charge < -0.3 is 4.57 Å². The predicted octanol–water partition coefficient (Wildman–Crippen LogP) is 10.3. The van der Waals surface area contributed by atoms with Crippen LogP contribution in [0.25, 0.3) is 72.8 Å². The molecule has 4 heteroatoms. The fraction of sp³-hybridized carbons (Fsp3) is 0.0714. The Morgan fingerprint density at radius 2 is 1.04 bits per heavy atom. The fourth-order valence-corrected chi connectivity index (χ4v) is 7.22. The van der Waals surface area contributed by atoms with Crippen molar-refractivity contribution in [3.63, 3.8) is 0 Å². The molecule has 6 aromatic carbocycles. The zero-order chi connectivity index (χ0) is 30.8. The van der Waals surface area contributed by atoms with Crippen molar-refractivity contribution in [2.45, 2.75) is 19.3 Å². The third-order valence-corrected chi connectivity index (χ3v) is 9.45. The number of rotatable bonds is 4. The Kier molecular flexibility index (Phi) is 5.81. The van der Waals surface area contributed by atoms with Crippen LogP contribution < -0.4 is 0 Å². The van der Waals surface area contributed by atoms with Crippen molar-refractivity contribution in [3.8, 4) is 51.0 Å². The topological polar surface area (TPSA) is 43.6 Å². The van der Waals surface area contributed by atoms with Gasteiger partial charge in [-0.3, -0.25) is 0 Å². The second-order valence-electron chi connectivity index (χ2n) is 12.5. The van der Waals surface area contributed by atoms with E-state index in [9.17, 15) is 0 Å². The van der Waals surface area contributed by atoms with Crippen LogP contribution in [0.1, 0.15) is 25.0 Å². The average molecular weight is 591 g/mol. The summed E-state index contributed by atoms with van der Waals surface area (Å²) in [4.78, 5) is 15.2. The van der Waals surface area contributed by atoms with E-state index in [1.165, 1.54) is 44.1 Å². The van der Waals surface area contributed by atoms with Gasteiger partial charge in [-0.15, -0.1) is 0 Å². The van der Waals surface area contributed by atoms with E-state index in [1.54, 1.807) is 0 Å². The minimum absolute atomic E-state index is 0.218. The molecule has 0 bridgehead atoms. The molecule has 0 fully saturated rings. The van der Waals surface area contributed by atoms with Crippen molar-refractivity contribution in [3.05, 3.63) is 157 Å². The number of hydrogen-bond acceptors (Lipinski definition) is 3. The van der Waals surface area contributed by atoms with Crippen LogP contribution in [0.15, 0.2) is 146 Å². The van der Waals surface area contributed by atoms with Gasteiger partial charge in [-0.25, -0.2) is 15.0 Å². The van der Waals surface area contributed by atoms with E-state index in [0.717, 1.165) is 22.4 Å². The van der Waals surface area contributed by atoms with Crippen LogP contribution in [0.5, 0.6) is 0 Å². The van der Waals surface area contributed by atoms with Crippen molar-refractivity contribution in [2.75, 3.05) is 0 Å². The summed E-state index contributed by atoms with van der Waals surface area (Å²) in [5.41, 5.74) is 11.3. The predicted molar refractivity (Wildman–Crippen MR) is 188 cm³/mol. The maximum Gasteiger partial charge on any atom is 0.164 e. The van der Waals surface area contributed by atoms with Crippen LogP contribution in [-0.4, -0.2) is 19.5 Å². The first-order chi connectivity index (χ1) is 22.6. The Balaban J connectivity index is 1.33. The summed E-state index contributed by atoms with van der Waals surface area (Å²) in [6.45, 7) is 4.67. The van der Waals surface area contributed by atoms with Crippen molar-refractivity contribution < 1.29 is 0 Å². The number of fused-ring (bicyclic) bond motifs is 6. The number of hydrogen-bond donors (Lipinski definition) is 0. The molecule has 0 spiro atoms. The Morgan fingerprint density at radius 3 is 1.72 bits per heavy atom. The molecule has 0 aliphatic heterocycles. The van der Waals surface area contributed by atoms with Crippen LogP contribution >= 0.6 is 0 Å². The molecule has 2 heterocycles. The molecule has 0 saturated carbocycles. The highest BCUT2D eigenvalue weighted by atomic mass is 15.0. The lowest BCUT2D eigenvalue weighted by Gasteiger charge is -2.22. The summed E-state index contributed by atoms with van der Waals surface area (Å²) in [7, 11) is 0. The van der Waals surface area contributed by atoms with Gasteiger partial charge in [-0.1, -0.05) is 129 Å². The first kappa shape index (κ1) is 26.5. The summed E-state index contributed by atoms with van der Waals surface area (Å²) >= 11 is 0. The number of para-hydroxylation sites is 2. The standard InChI is InChI=1S/C42H30N4/c1-42(2)34-23-14-22-31(41-44-39(27-15-6-3-7-16-27)43-40(45-41)28-17-8-4-9-18-28)38(34)33-25-32-30-21-12-13-24-36(30)46(37(32)26-35(33)42)29-19-10-5-11-20-29/h3-26H,1-2H3. The minimum atomic E-state index is -0.218. The summed E-state index contributed by atoms with van der Waals surface area (Å²) < 4.78 is 2.40. The molecule has 2 aromatic heterocycles. The summed E-state index contributed by atoms with van der Waals surface area (Å²) in [5.74, 6) is 2.02. The summed E-state index contributed by atoms with van der Waals surface area (Å²) in [6.07, 6.45) is 0. The lowest BCUT2D eigenvalue weighted by atomic mass is 9.82. The molecule has 0 amide bonds.